The van der Waals surface area contributed by atoms with Crippen molar-refractivity contribution in [2.24, 2.45) is 5.92 Å². The highest BCUT2D eigenvalue weighted by Crippen LogP contribution is 2.24. The zero-order valence-corrected chi connectivity index (χ0v) is 19.0. The van der Waals surface area contributed by atoms with Gasteiger partial charge < -0.3 is 9.80 Å². The van der Waals surface area contributed by atoms with E-state index in [4.69, 9.17) is 0 Å². The fourth-order valence-corrected chi connectivity index (χ4v) is 5.16. The maximum Gasteiger partial charge on any atom is 0.267 e. The summed E-state index contributed by atoms with van der Waals surface area (Å²) >= 11 is 1.17. The van der Waals surface area contributed by atoms with Crippen molar-refractivity contribution >= 4 is 23.3 Å². The Morgan fingerprint density at radius 3 is 2.55 bits per heavy atom. The molecule has 0 saturated carbocycles. The summed E-state index contributed by atoms with van der Waals surface area (Å²) in [5.74, 6) is 0.686. The number of benzene rings is 1. The molecule has 166 valence electrons. The molecule has 2 aliphatic rings. The molecule has 0 unspecified atom stereocenters. The van der Waals surface area contributed by atoms with E-state index in [9.17, 15) is 9.59 Å². The molecule has 0 bridgehead atoms. The Bertz CT molecular complexity index is 879. The molecule has 0 spiro atoms. The predicted molar refractivity (Wildman–Crippen MR) is 121 cm³/mol. The van der Waals surface area contributed by atoms with Crippen LogP contribution in [0.25, 0.3) is 0 Å². The van der Waals surface area contributed by atoms with Crippen LogP contribution in [-0.2, 0) is 11.3 Å². The highest BCUT2D eigenvalue weighted by molar-refractivity contribution is 7.07. The SMILES string of the molecule is Cc1nnsc1C(=O)N1CCC[C@H](CCC(=O)N2CCN(Cc3ccccc3)CC2)C1. The van der Waals surface area contributed by atoms with E-state index in [1.54, 1.807) is 0 Å². The number of carbonyl (C=O) groups excluding carboxylic acids is 2. The van der Waals surface area contributed by atoms with E-state index in [1.165, 1.54) is 17.1 Å². The third-order valence-electron chi connectivity index (χ3n) is 6.39. The van der Waals surface area contributed by atoms with Gasteiger partial charge in [-0.3, -0.25) is 14.5 Å². The number of likely N-dealkylation sites (tertiary alicyclic amines) is 1. The quantitative estimate of drug-likeness (QED) is 0.690. The Labute approximate surface area is 188 Å². The van der Waals surface area contributed by atoms with Crippen molar-refractivity contribution in [3.05, 3.63) is 46.5 Å². The summed E-state index contributed by atoms with van der Waals surface area (Å²) in [5, 5.41) is 3.96. The standard InChI is InChI=1S/C23H31N5O2S/c1-18-22(31-25-24-18)23(30)28-11-5-8-20(17-28)9-10-21(29)27-14-12-26(13-15-27)16-19-6-3-2-4-7-19/h2-4,6-7,20H,5,8-17H2,1H3/t20-/m1/s1. The highest BCUT2D eigenvalue weighted by Gasteiger charge is 2.28. The number of amides is 2. The second-order valence-corrected chi connectivity index (χ2v) is 9.38. The minimum Gasteiger partial charge on any atom is -0.340 e. The molecule has 7 nitrogen and oxygen atoms in total. The lowest BCUT2D eigenvalue weighted by Gasteiger charge is -2.36. The van der Waals surface area contributed by atoms with Gasteiger partial charge in [-0.2, -0.15) is 0 Å². The van der Waals surface area contributed by atoms with Crippen molar-refractivity contribution in [1.29, 1.82) is 0 Å². The number of rotatable bonds is 6. The normalized spacial score (nSPS) is 20.1. The van der Waals surface area contributed by atoms with Crippen LogP contribution in [0.2, 0.25) is 0 Å². The van der Waals surface area contributed by atoms with Gasteiger partial charge in [0, 0.05) is 52.2 Å². The van der Waals surface area contributed by atoms with Crippen molar-refractivity contribution in [2.75, 3.05) is 39.3 Å². The summed E-state index contributed by atoms with van der Waals surface area (Å²) in [6, 6.07) is 10.5. The first-order valence-electron chi connectivity index (χ1n) is 11.2. The molecular weight excluding hydrogens is 410 g/mol. The smallest absolute Gasteiger partial charge is 0.267 e. The molecule has 0 aliphatic carbocycles. The molecule has 0 N–H and O–H groups in total. The van der Waals surface area contributed by atoms with E-state index in [0.717, 1.165) is 65.1 Å². The average molecular weight is 442 g/mol. The molecule has 31 heavy (non-hydrogen) atoms. The van der Waals surface area contributed by atoms with E-state index in [-0.39, 0.29) is 11.8 Å². The van der Waals surface area contributed by atoms with Crippen molar-refractivity contribution in [3.63, 3.8) is 0 Å². The Hall–Kier alpha value is -2.32. The van der Waals surface area contributed by atoms with Crippen LogP contribution in [0.5, 0.6) is 0 Å². The Morgan fingerprint density at radius 2 is 1.84 bits per heavy atom. The molecule has 2 fully saturated rings. The lowest BCUT2D eigenvalue weighted by Crippen LogP contribution is -2.48. The van der Waals surface area contributed by atoms with Gasteiger partial charge in [0.2, 0.25) is 5.91 Å². The van der Waals surface area contributed by atoms with Crippen molar-refractivity contribution < 1.29 is 9.59 Å². The van der Waals surface area contributed by atoms with Crippen LogP contribution < -0.4 is 0 Å². The molecule has 0 radical (unpaired) electrons. The number of carbonyl (C=O) groups is 2. The number of piperidine rings is 1. The second kappa shape index (κ2) is 10.3. The maximum absolute atomic E-state index is 12.8. The Balaban J connectivity index is 1.20. The van der Waals surface area contributed by atoms with Crippen LogP contribution in [0.3, 0.4) is 0 Å². The van der Waals surface area contributed by atoms with Crippen LogP contribution in [0.4, 0.5) is 0 Å². The molecule has 1 aromatic carbocycles. The van der Waals surface area contributed by atoms with Crippen molar-refractivity contribution in [2.45, 2.75) is 39.2 Å². The van der Waals surface area contributed by atoms with Crippen LogP contribution in [0.15, 0.2) is 30.3 Å². The summed E-state index contributed by atoms with van der Waals surface area (Å²) in [4.78, 5) is 32.5. The van der Waals surface area contributed by atoms with Gasteiger partial charge in [-0.25, -0.2) is 0 Å². The average Bonchev–Trinajstić information content (AvgIpc) is 3.24. The van der Waals surface area contributed by atoms with E-state index < -0.39 is 0 Å². The summed E-state index contributed by atoms with van der Waals surface area (Å²) in [5.41, 5.74) is 2.03. The number of aromatic nitrogens is 2. The highest BCUT2D eigenvalue weighted by atomic mass is 32.1. The minimum absolute atomic E-state index is 0.0399. The molecule has 3 heterocycles. The number of piperazine rings is 1. The first-order valence-corrected chi connectivity index (χ1v) is 12.0. The van der Waals surface area contributed by atoms with Gasteiger partial charge in [0.1, 0.15) is 4.88 Å². The van der Waals surface area contributed by atoms with Gasteiger partial charge in [-0.05, 0) is 49.2 Å². The lowest BCUT2D eigenvalue weighted by atomic mass is 9.93. The zero-order chi connectivity index (χ0) is 21.6. The van der Waals surface area contributed by atoms with E-state index in [1.807, 2.05) is 22.8 Å². The second-order valence-electron chi connectivity index (χ2n) is 8.63. The summed E-state index contributed by atoms with van der Waals surface area (Å²) in [6.45, 7) is 7.75. The van der Waals surface area contributed by atoms with Crippen LogP contribution in [-0.4, -0.2) is 75.4 Å². The number of nitrogens with zero attached hydrogens (tertiary/aromatic N) is 5. The first-order chi connectivity index (χ1) is 15.1. The number of hydrogen-bond donors (Lipinski definition) is 0. The third-order valence-corrected chi connectivity index (χ3v) is 7.21. The molecular formula is C23H31N5O2S. The van der Waals surface area contributed by atoms with Gasteiger partial charge in [0.25, 0.3) is 5.91 Å². The van der Waals surface area contributed by atoms with E-state index in [0.29, 0.717) is 22.9 Å². The fourth-order valence-electron chi connectivity index (χ4n) is 4.54. The van der Waals surface area contributed by atoms with Gasteiger partial charge in [0.05, 0.1) is 5.69 Å². The lowest BCUT2D eigenvalue weighted by molar-refractivity contribution is -0.133. The topological polar surface area (TPSA) is 69.6 Å². The van der Waals surface area contributed by atoms with E-state index >= 15 is 0 Å². The molecule has 8 heteroatoms. The van der Waals surface area contributed by atoms with Crippen LogP contribution in [0, 0.1) is 12.8 Å². The number of hydrogen-bond acceptors (Lipinski definition) is 6. The molecule has 1 atom stereocenters. The van der Waals surface area contributed by atoms with Gasteiger partial charge >= 0.3 is 0 Å². The summed E-state index contributed by atoms with van der Waals surface area (Å²) < 4.78 is 3.89. The maximum atomic E-state index is 12.8. The summed E-state index contributed by atoms with van der Waals surface area (Å²) in [6.07, 6.45) is 3.51. The molecule has 2 aromatic rings. The zero-order valence-electron chi connectivity index (χ0n) is 18.2. The van der Waals surface area contributed by atoms with Crippen LogP contribution in [0.1, 0.15) is 46.6 Å². The molecule has 2 amide bonds. The third kappa shape index (κ3) is 5.68. The van der Waals surface area contributed by atoms with E-state index in [2.05, 4.69) is 38.8 Å². The largest absolute Gasteiger partial charge is 0.340 e. The molecule has 1 aromatic heterocycles. The number of aryl methyl sites for hydroxylation is 1. The Morgan fingerprint density at radius 1 is 1.06 bits per heavy atom. The monoisotopic (exact) mass is 441 g/mol. The van der Waals surface area contributed by atoms with Crippen molar-refractivity contribution in [3.8, 4) is 0 Å². The van der Waals surface area contributed by atoms with Gasteiger partial charge in [-0.15, -0.1) is 5.10 Å². The van der Waals surface area contributed by atoms with Crippen LogP contribution >= 0.6 is 11.5 Å². The molecule has 2 saturated heterocycles. The van der Waals surface area contributed by atoms with Gasteiger partial charge in [-0.1, -0.05) is 34.8 Å². The molecule has 2 aliphatic heterocycles. The van der Waals surface area contributed by atoms with Gasteiger partial charge in [0.15, 0.2) is 0 Å². The first kappa shape index (κ1) is 21.9. The van der Waals surface area contributed by atoms with Crippen molar-refractivity contribution in [1.82, 2.24) is 24.3 Å². The Kier molecular flexibility index (Phi) is 7.29. The summed E-state index contributed by atoms with van der Waals surface area (Å²) in [7, 11) is 0. The predicted octanol–water partition coefficient (Wildman–Crippen LogP) is 2.82. The fraction of sp³-hybridized carbons (Fsp3) is 0.565. The molecule has 4 rings (SSSR count). The minimum atomic E-state index is 0.0399.